The molecule has 0 N–H and O–H groups in total. The lowest BCUT2D eigenvalue weighted by atomic mass is 10.1. The molecule has 0 spiro atoms. The van der Waals surface area contributed by atoms with E-state index in [1.807, 2.05) is 72.5 Å². The molecule has 0 saturated carbocycles. The third-order valence-electron chi connectivity index (χ3n) is 5.41. The Hall–Kier alpha value is -2.91. The van der Waals surface area contributed by atoms with Gasteiger partial charge in [0, 0.05) is 43.0 Å². The van der Waals surface area contributed by atoms with Crippen molar-refractivity contribution in [3.05, 3.63) is 94.8 Å². The lowest BCUT2D eigenvalue weighted by Gasteiger charge is -2.15. The highest BCUT2D eigenvalue weighted by atomic mass is 35.5. The Morgan fingerprint density at radius 1 is 0.912 bits per heavy atom. The van der Waals surface area contributed by atoms with Gasteiger partial charge in [-0.05, 0) is 30.8 Å². The summed E-state index contributed by atoms with van der Waals surface area (Å²) in [6.07, 6.45) is 2.03. The molecule has 0 aliphatic heterocycles. The van der Waals surface area contributed by atoms with Gasteiger partial charge >= 0.3 is 0 Å². The second-order valence-electron chi connectivity index (χ2n) is 8.34. The Bertz CT molecular complexity index is 1360. The lowest BCUT2D eigenvalue weighted by Crippen LogP contribution is -2.21. The minimum Gasteiger partial charge on any atom is -0.447 e. The molecule has 0 radical (unpaired) electrons. The molecule has 0 amide bonds. The third kappa shape index (κ3) is 5.42. The molecule has 34 heavy (non-hydrogen) atoms. The van der Waals surface area contributed by atoms with Crippen LogP contribution in [0.4, 0.5) is 0 Å². The largest absolute Gasteiger partial charge is 0.447 e. The maximum atomic E-state index is 12.3. The van der Waals surface area contributed by atoms with Crippen molar-refractivity contribution in [2.24, 2.45) is 0 Å². The normalized spacial score (nSPS) is 12.1. The first-order valence-electron chi connectivity index (χ1n) is 10.8. The summed E-state index contributed by atoms with van der Waals surface area (Å²) in [6.45, 7) is 1.61. The summed E-state index contributed by atoms with van der Waals surface area (Å²) < 4.78 is 33.3. The van der Waals surface area contributed by atoms with Crippen LogP contribution in [0, 0.1) is 0 Å². The van der Waals surface area contributed by atoms with E-state index in [1.165, 1.54) is 20.2 Å². The molecule has 7 nitrogen and oxygen atoms in total. The molecule has 4 aromatic rings. The second kappa shape index (κ2) is 10.1. The zero-order valence-electron chi connectivity index (χ0n) is 19.3. The number of rotatable bonds is 9. The van der Waals surface area contributed by atoms with Gasteiger partial charge in [-0.3, -0.25) is 9.58 Å². The topological polar surface area (TPSA) is 71.6 Å². The van der Waals surface area contributed by atoms with Gasteiger partial charge < -0.3 is 4.42 Å². The Kier molecular flexibility index (Phi) is 7.23. The summed E-state index contributed by atoms with van der Waals surface area (Å²) in [5, 5.41) is 5.51. The van der Waals surface area contributed by atoms with E-state index in [0.717, 1.165) is 26.7 Å². The number of aromatic nitrogens is 2. The minimum absolute atomic E-state index is 0.0570. The molecule has 0 unspecified atom stereocenters. The van der Waals surface area contributed by atoms with Gasteiger partial charge in [0.2, 0.25) is 5.09 Å². The molecule has 0 bridgehead atoms. The van der Waals surface area contributed by atoms with Gasteiger partial charge in [0.15, 0.2) is 0 Å². The van der Waals surface area contributed by atoms with Crippen molar-refractivity contribution in [1.29, 1.82) is 0 Å². The van der Waals surface area contributed by atoms with Gasteiger partial charge in [-0.15, -0.1) is 0 Å². The molecule has 178 valence electrons. The van der Waals surface area contributed by atoms with Crippen LogP contribution >= 0.6 is 11.6 Å². The SMILES string of the molecule is CN(Cc1ccc(S(=O)(=O)N(C)C)o1)Cc1cn(Cc2ccccc2Cl)nc1-c1ccccc1. The van der Waals surface area contributed by atoms with Gasteiger partial charge in [-0.2, -0.15) is 5.10 Å². The summed E-state index contributed by atoms with van der Waals surface area (Å²) in [5.74, 6) is 0.577. The van der Waals surface area contributed by atoms with Crippen LogP contribution in [0.15, 0.2) is 82.4 Å². The molecule has 0 aliphatic rings. The van der Waals surface area contributed by atoms with E-state index in [-0.39, 0.29) is 5.09 Å². The maximum absolute atomic E-state index is 12.3. The van der Waals surface area contributed by atoms with Crippen molar-refractivity contribution in [2.45, 2.75) is 24.7 Å². The van der Waals surface area contributed by atoms with Gasteiger partial charge in [0.05, 0.1) is 18.8 Å². The van der Waals surface area contributed by atoms with E-state index in [2.05, 4.69) is 4.90 Å². The number of hydrogen-bond acceptors (Lipinski definition) is 5. The smallest absolute Gasteiger partial charge is 0.275 e. The van der Waals surface area contributed by atoms with Crippen LogP contribution in [0.5, 0.6) is 0 Å². The highest BCUT2D eigenvalue weighted by Gasteiger charge is 2.22. The van der Waals surface area contributed by atoms with E-state index in [4.69, 9.17) is 21.1 Å². The van der Waals surface area contributed by atoms with E-state index in [1.54, 1.807) is 6.07 Å². The van der Waals surface area contributed by atoms with Crippen molar-refractivity contribution in [3.63, 3.8) is 0 Å². The maximum Gasteiger partial charge on any atom is 0.275 e. The molecule has 2 aromatic heterocycles. The van der Waals surface area contributed by atoms with Crippen molar-refractivity contribution in [3.8, 4) is 11.3 Å². The molecular formula is C25H27ClN4O3S. The summed E-state index contributed by atoms with van der Waals surface area (Å²) in [7, 11) is 1.32. The zero-order chi connectivity index (χ0) is 24.3. The van der Waals surface area contributed by atoms with Crippen molar-refractivity contribution in [2.75, 3.05) is 21.1 Å². The molecule has 2 aromatic carbocycles. The van der Waals surface area contributed by atoms with Gasteiger partial charge in [-0.1, -0.05) is 60.1 Å². The summed E-state index contributed by atoms with van der Waals surface area (Å²) in [5.41, 5.74) is 3.97. The molecule has 0 atom stereocenters. The monoisotopic (exact) mass is 498 g/mol. The molecular weight excluding hydrogens is 472 g/mol. The lowest BCUT2D eigenvalue weighted by molar-refractivity contribution is 0.274. The number of benzene rings is 2. The highest BCUT2D eigenvalue weighted by Crippen LogP contribution is 2.25. The molecule has 0 fully saturated rings. The van der Waals surface area contributed by atoms with E-state index in [0.29, 0.717) is 30.4 Å². The predicted molar refractivity (Wildman–Crippen MR) is 133 cm³/mol. The second-order valence-corrected chi connectivity index (χ2v) is 10.8. The van der Waals surface area contributed by atoms with E-state index in [9.17, 15) is 8.42 Å². The van der Waals surface area contributed by atoms with Gasteiger partial charge in [-0.25, -0.2) is 12.7 Å². The molecule has 9 heteroatoms. The number of sulfonamides is 1. The molecule has 0 aliphatic carbocycles. The number of furan rings is 1. The third-order valence-corrected chi connectivity index (χ3v) is 7.47. The quantitative estimate of drug-likeness (QED) is 0.333. The Morgan fingerprint density at radius 2 is 1.62 bits per heavy atom. The fourth-order valence-corrected chi connectivity index (χ4v) is 4.68. The van der Waals surface area contributed by atoms with Crippen molar-refractivity contribution < 1.29 is 12.8 Å². The Balaban J connectivity index is 1.56. The standard InChI is InChI=1S/C25H27ClN4O3S/c1-28(2)34(31,32)24-14-13-22(33-24)18-29(3)15-21-17-30(16-20-11-7-8-12-23(20)26)27-25(21)19-9-5-4-6-10-19/h4-14,17H,15-16,18H2,1-3H3. The number of halogens is 1. The number of hydrogen-bond donors (Lipinski definition) is 0. The van der Waals surface area contributed by atoms with Crippen LogP contribution in [-0.2, 0) is 29.7 Å². The van der Waals surface area contributed by atoms with Crippen LogP contribution in [0.3, 0.4) is 0 Å². The molecule has 2 heterocycles. The van der Waals surface area contributed by atoms with Crippen LogP contribution in [0.25, 0.3) is 11.3 Å². The Morgan fingerprint density at radius 3 is 2.32 bits per heavy atom. The minimum atomic E-state index is -3.60. The summed E-state index contributed by atoms with van der Waals surface area (Å²) in [4.78, 5) is 2.06. The van der Waals surface area contributed by atoms with Crippen LogP contribution in [0.1, 0.15) is 16.9 Å². The average molecular weight is 499 g/mol. The zero-order valence-corrected chi connectivity index (χ0v) is 20.9. The van der Waals surface area contributed by atoms with Crippen LogP contribution in [-0.4, -0.2) is 48.5 Å². The highest BCUT2D eigenvalue weighted by molar-refractivity contribution is 7.88. The van der Waals surface area contributed by atoms with Crippen molar-refractivity contribution in [1.82, 2.24) is 19.0 Å². The summed E-state index contributed by atoms with van der Waals surface area (Å²) in [6, 6.07) is 21.0. The summed E-state index contributed by atoms with van der Waals surface area (Å²) >= 11 is 6.36. The van der Waals surface area contributed by atoms with E-state index < -0.39 is 10.0 Å². The van der Waals surface area contributed by atoms with Crippen LogP contribution < -0.4 is 0 Å². The first-order chi connectivity index (χ1) is 16.2. The number of nitrogens with zero attached hydrogens (tertiary/aromatic N) is 4. The fraction of sp³-hybridized carbons (Fsp3) is 0.240. The predicted octanol–water partition coefficient (Wildman–Crippen LogP) is 4.73. The van der Waals surface area contributed by atoms with Crippen LogP contribution in [0.2, 0.25) is 5.02 Å². The first-order valence-corrected chi connectivity index (χ1v) is 12.6. The Labute approximate surface area is 205 Å². The molecule has 4 rings (SSSR count). The molecule has 0 saturated heterocycles. The van der Waals surface area contributed by atoms with Gasteiger partial charge in [0.25, 0.3) is 10.0 Å². The van der Waals surface area contributed by atoms with Crippen molar-refractivity contribution >= 4 is 21.6 Å². The average Bonchev–Trinajstić information content (AvgIpc) is 3.43. The van der Waals surface area contributed by atoms with Gasteiger partial charge in [0.1, 0.15) is 5.76 Å². The van der Waals surface area contributed by atoms with E-state index >= 15 is 0 Å². The fourth-order valence-electron chi connectivity index (χ4n) is 3.67. The first kappa shape index (κ1) is 24.2.